The van der Waals surface area contributed by atoms with Gasteiger partial charge in [0, 0.05) is 11.9 Å². The maximum atomic E-state index is 12.0. The van der Waals surface area contributed by atoms with E-state index in [1.807, 2.05) is 0 Å². The largest absolute Gasteiger partial charge is 0.354 e. The molecule has 1 atom stereocenters. The summed E-state index contributed by atoms with van der Waals surface area (Å²) in [6.07, 6.45) is 5.33. The van der Waals surface area contributed by atoms with E-state index in [4.69, 9.17) is 0 Å². The third-order valence-electron chi connectivity index (χ3n) is 4.09. The first-order valence-corrected chi connectivity index (χ1v) is 9.38. The van der Waals surface area contributed by atoms with Crippen LogP contribution in [0, 0.1) is 5.41 Å². The maximum absolute atomic E-state index is 12.0. The number of carbonyl (C=O) groups excluding carboxylic acids is 1. The van der Waals surface area contributed by atoms with Crippen molar-refractivity contribution >= 4 is 31.7 Å². The summed E-state index contributed by atoms with van der Waals surface area (Å²) in [6, 6.07) is 0. The van der Waals surface area contributed by atoms with Gasteiger partial charge in [0.2, 0.25) is 5.91 Å². The van der Waals surface area contributed by atoms with Crippen molar-refractivity contribution in [3.8, 4) is 0 Å². The Morgan fingerprint density at radius 1 is 1.33 bits per heavy atom. The molecule has 0 aromatic rings. The third kappa shape index (κ3) is 3.26. The molecule has 1 aliphatic heterocycles. The second-order valence-corrected chi connectivity index (χ2v) is 8.60. The predicted molar refractivity (Wildman–Crippen MR) is 74.5 cm³/mol. The minimum absolute atomic E-state index is 0.164. The summed E-state index contributed by atoms with van der Waals surface area (Å²) >= 11 is 3.42. The van der Waals surface area contributed by atoms with Gasteiger partial charge in [-0.25, -0.2) is 8.42 Å². The second-order valence-electron chi connectivity index (χ2n) is 5.51. The lowest BCUT2D eigenvalue weighted by molar-refractivity contribution is -0.121. The Balaban J connectivity index is 1.88. The Bertz CT molecular complexity index is 417. The third-order valence-corrected chi connectivity index (χ3v) is 6.66. The van der Waals surface area contributed by atoms with E-state index in [9.17, 15) is 13.2 Å². The van der Waals surface area contributed by atoms with E-state index in [0.29, 0.717) is 19.4 Å². The summed E-state index contributed by atoms with van der Waals surface area (Å²) in [4.78, 5) is 12.0. The van der Waals surface area contributed by atoms with Crippen LogP contribution in [0.5, 0.6) is 0 Å². The molecule has 18 heavy (non-hydrogen) atoms. The fourth-order valence-corrected chi connectivity index (χ4v) is 5.20. The van der Waals surface area contributed by atoms with Gasteiger partial charge in [0.25, 0.3) is 0 Å². The van der Waals surface area contributed by atoms with E-state index in [2.05, 4.69) is 21.2 Å². The lowest BCUT2D eigenvalue weighted by Crippen LogP contribution is -2.44. The number of halogens is 1. The molecule has 0 aromatic carbocycles. The number of nitrogens with one attached hydrogen (secondary N) is 1. The van der Waals surface area contributed by atoms with Crippen LogP contribution in [0.25, 0.3) is 0 Å². The van der Waals surface area contributed by atoms with Gasteiger partial charge in [-0.3, -0.25) is 4.79 Å². The van der Waals surface area contributed by atoms with Gasteiger partial charge >= 0.3 is 0 Å². The first-order chi connectivity index (χ1) is 8.49. The van der Waals surface area contributed by atoms with E-state index in [1.54, 1.807) is 0 Å². The second kappa shape index (κ2) is 5.49. The monoisotopic (exact) mass is 337 g/mol. The molecule has 0 bridgehead atoms. The number of alkyl halides is 1. The van der Waals surface area contributed by atoms with Crippen LogP contribution < -0.4 is 5.32 Å². The van der Waals surface area contributed by atoms with E-state index >= 15 is 0 Å². The Morgan fingerprint density at radius 3 is 2.61 bits per heavy atom. The summed E-state index contributed by atoms with van der Waals surface area (Å²) in [5, 5.41) is 2.99. The molecule has 1 amide bonds. The first-order valence-electron chi connectivity index (χ1n) is 6.54. The molecule has 1 unspecified atom stereocenters. The van der Waals surface area contributed by atoms with Gasteiger partial charge < -0.3 is 5.32 Å². The van der Waals surface area contributed by atoms with Crippen LogP contribution in [0.2, 0.25) is 0 Å². The lowest BCUT2D eigenvalue weighted by atomic mass is 10.0. The normalized spacial score (nSPS) is 28.6. The van der Waals surface area contributed by atoms with Crippen LogP contribution in [-0.4, -0.2) is 37.2 Å². The number of carbonyl (C=O) groups is 1. The smallest absolute Gasteiger partial charge is 0.238 e. The van der Waals surface area contributed by atoms with Gasteiger partial charge in [0.05, 0.1) is 5.75 Å². The lowest BCUT2D eigenvalue weighted by Gasteiger charge is -2.23. The van der Waals surface area contributed by atoms with Gasteiger partial charge in [-0.2, -0.15) is 0 Å². The minimum atomic E-state index is -3.20. The van der Waals surface area contributed by atoms with Crippen LogP contribution >= 0.6 is 15.9 Å². The molecule has 2 aliphatic rings. The highest BCUT2D eigenvalue weighted by atomic mass is 79.9. The Hall–Kier alpha value is -0.100. The molecule has 0 radical (unpaired) electrons. The average molecular weight is 338 g/mol. The van der Waals surface area contributed by atoms with Crippen LogP contribution in [0.1, 0.15) is 38.5 Å². The van der Waals surface area contributed by atoms with E-state index in [-0.39, 0.29) is 17.1 Å². The number of amides is 1. The highest BCUT2D eigenvalue weighted by molar-refractivity contribution is 9.09. The van der Waals surface area contributed by atoms with E-state index in [1.165, 1.54) is 0 Å². The summed E-state index contributed by atoms with van der Waals surface area (Å²) in [6.45, 7) is 0.628. The zero-order valence-electron chi connectivity index (χ0n) is 10.5. The van der Waals surface area contributed by atoms with Crippen molar-refractivity contribution in [3.05, 3.63) is 0 Å². The van der Waals surface area contributed by atoms with Crippen molar-refractivity contribution in [2.45, 2.75) is 43.8 Å². The van der Waals surface area contributed by atoms with Crippen LogP contribution in [0.3, 0.4) is 0 Å². The Labute approximate surface area is 117 Å². The quantitative estimate of drug-likeness (QED) is 0.775. The molecular weight excluding hydrogens is 318 g/mol. The molecule has 2 rings (SSSR count). The summed E-state index contributed by atoms with van der Waals surface area (Å²) < 4.78 is 23.6. The molecule has 1 heterocycles. The minimum Gasteiger partial charge on any atom is -0.354 e. The fourth-order valence-electron chi connectivity index (χ4n) is 2.53. The highest BCUT2D eigenvalue weighted by Crippen LogP contribution is 2.48. The Morgan fingerprint density at radius 2 is 2.06 bits per heavy atom. The number of sulfone groups is 1. The molecule has 4 nitrogen and oxygen atoms in total. The van der Waals surface area contributed by atoms with Crippen molar-refractivity contribution in [1.82, 2.24) is 5.32 Å². The van der Waals surface area contributed by atoms with Gasteiger partial charge in [0.15, 0.2) is 9.84 Å². The molecule has 1 saturated carbocycles. The van der Waals surface area contributed by atoms with Gasteiger partial charge in [-0.1, -0.05) is 22.4 Å². The summed E-state index contributed by atoms with van der Waals surface area (Å²) in [5.41, 5.74) is 0.234. The van der Waals surface area contributed by atoms with Crippen molar-refractivity contribution < 1.29 is 13.2 Å². The molecule has 6 heteroatoms. The Kier molecular flexibility index (Phi) is 4.36. The number of hydrogen-bond acceptors (Lipinski definition) is 3. The molecule has 104 valence electrons. The highest BCUT2D eigenvalue weighted by Gasteiger charge is 2.43. The number of rotatable bonds is 5. The maximum Gasteiger partial charge on any atom is 0.238 e. The van der Waals surface area contributed by atoms with E-state index < -0.39 is 15.1 Å². The van der Waals surface area contributed by atoms with Crippen LogP contribution in [0.4, 0.5) is 0 Å². The van der Waals surface area contributed by atoms with Crippen LogP contribution in [0.15, 0.2) is 0 Å². The topological polar surface area (TPSA) is 63.2 Å². The standard InChI is InChI=1S/C12H20BrNO3S/c13-7-6-12(4-5-12)9-14-11(15)10-3-1-2-8-18(10,16)17/h10H,1-9H2,(H,14,15). The SMILES string of the molecule is O=C(NCC1(CCBr)CC1)C1CCCCS1(=O)=O. The predicted octanol–water partition coefficient (Wildman–Crippen LogP) is 1.64. The molecule has 0 aromatic heterocycles. The molecule has 1 N–H and O–H groups in total. The summed E-state index contributed by atoms with van der Waals surface area (Å²) in [5.74, 6) is -0.118. The van der Waals surface area contributed by atoms with E-state index in [0.717, 1.165) is 31.0 Å². The van der Waals surface area contributed by atoms with Crippen molar-refractivity contribution in [2.75, 3.05) is 17.6 Å². The van der Waals surface area contributed by atoms with Gasteiger partial charge in [-0.15, -0.1) is 0 Å². The van der Waals surface area contributed by atoms with Crippen LogP contribution in [-0.2, 0) is 14.6 Å². The van der Waals surface area contributed by atoms with Crippen molar-refractivity contribution in [1.29, 1.82) is 0 Å². The molecular formula is C12H20BrNO3S. The van der Waals surface area contributed by atoms with Crippen molar-refractivity contribution in [2.24, 2.45) is 5.41 Å². The van der Waals surface area contributed by atoms with Crippen molar-refractivity contribution in [3.63, 3.8) is 0 Å². The molecule has 0 spiro atoms. The molecule has 1 saturated heterocycles. The fraction of sp³-hybridized carbons (Fsp3) is 0.917. The zero-order valence-corrected chi connectivity index (χ0v) is 12.9. The van der Waals surface area contributed by atoms with Gasteiger partial charge in [0.1, 0.15) is 5.25 Å². The first kappa shape index (κ1) is 14.3. The molecule has 2 fully saturated rings. The average Bonchev–Trinajstić information content (AvgIpc) is 3.06. The van der Waals surface area contributed by atoms with Gasteiger partial charge in [-0.05, 0) is 37.5 Å². The zero-order chi connectivity index (χ0) is 13.2. The molecule has 1 aliphatic carbocycles. The number of hydrogen-bond donors (Lipinski definition) is 1. The summed E-state index contributed by atoms with van der Waals surface area (Å²) in [7, 11) is -3.20.